The van der Waals surface area contributed by atoms with Gasteiger partial charge in [-0.3, -0.25) is 0 Å². The van der Waals surface area contributed by atoms with Crippen molar-refractivity contribution in [2.45, 2.75) is 10.6 Å². The maximum atomic E-state index is 12.9. The maximum Gasteiger partial charge on any atom is 0.184 e. The fourth-order valence-electron chi connectivity index (χ4n) is 2.01. The number of anilines is 1. The number of hydrogen-bond acceptors (Lipinski definition) is 4. The molecule has 0 amide bonds. The molecule has 0 heterocycles. The van der Waals surface area contributed by atoms with E-state index in [-0.39, 0.29) is 16.3 Å². The second kappa shape index (κ2) is 6.23. The third kappa shape index (κ3) is 3.48. The van der Waals surface area contributed by atoms with E-state index in [1.54, 1.807) is 17.0 Å². The van der Waals surface area contributed by atoms with Crippen LogP contribution in [0.4, 0.5) is 15.8 Å². The molecule has 0 bridgehead atoms. The maximum absolute atomic E-state index is 12.9. The van der Waals surface area contributed by atoms with E-state index in [2.05, 4.69) is 5.11 Å². The van der Waals surface area contributed by atoms with Gasteiger partial charge in [0.2, 0.25) is 0 Å². The third-order valence-electron chi connectivity index (χ3n) is 3.20. The molecule has 0 unspecified atom stereocenters. The fraction of sp³-hybridized carbons (Fsp3) is 0.200. The van der Waals surface area contributed by atoms with E-state index in [0.29, 0.717) is 5.56 Å². The van der Waals surface area contributed by atoms with E-state index in [1.807, 2.05) is 14.1 Å². The van der Waals surface area contributed by atoms with Crippen LogP contribution in [0, 0.1) is 5.82 Å². The highest BCUT2D eigenvalue weighted by Crippen LogP contribution is 2.30. The molecule has 116 valence electrons. The monoisotopic (exact) mass is 322 g/mol. The largest absolute Gasteiger partial charge is 0.378 e. The summed E-state index contributed by atoms with van der Waals surface area (Å²) in [4.78, 5) is 1.85. The molecule has 2 rings (SSSR count). The summed E-state index contributed by atoms with van der Waals surface area (Å²) in [5.74, 6) is -0.652. The summed E-state index contributed by atoms with van der Waals surface area (Å²) in [5, 5.41) is 3.54. The minimum Gasteiger partial charge on any atom is -0.378 e. The summed E-state index contributed by atoms with van der Waals surface area (Å²) in [6, 6.07) is 10.2. The van der Waals surface area contributed by atoms with Crippen LogP contribution in [0.2, 0.25) is 0 Å². The molecule has 0 saturated carbocycles. The molecule has 0 aliphatic heterocycles. The first-order chi connectivity index (χ1) is 10.3. The molecule has 0 radical (unpaired) electrons. The van der Waals surface area contributed by atoms with Gasteiger partial charge < -0.3 is 4.90 Å². The van der Waals surface area contributed by atoms with Crippen molar-refractivity contribution in [3.05, 3.63) is 53.8 Å². The molecule has 0 aliphatic rings. The first kappa shape index (κ1) is 16.1. The molecule has 2 N–H and O–H groups in total. The Morgan fingerprint density at radius 3 is 2.32 bits per heavy atom. The number of sulfone groups is 1. The van der Waals surface area contributed by atoms with Crippen LogP contribution in [0.5, 0.6) is 0 Å². The van der Waals surface area contributed by atoms with Gasteiger partial charge in [0.1, 0.15) is 16.4 Å². The highest BCUT2D eigenvalue weighted by Gasteiger charge is 2.21. The summed E-state index contributed by atoms with van der Waals surface area (Å²) in [7, 11) is -0.0269. The number of rotatable bonds is 5. The quantitative estimate of drug-likeness (QED) is 0.852. The zero-order valence-electron chi connectivity index (χ0n) is 12.3. The Bertz CT molecular complexity index is 787. The van der Waals surface area contributed by atoms with E-state index < -0.39 is 15.7 Å². The van der Waals surface area contributed by atoms with Gasteiger partial charge in [0.25, 0.3) is 0 Å². The van der Waals surface area contributed by atoms with Crippen molar-refractivity contribution in [1.29, 1.82) is 0 Å². The van der Waals surface area contributed by atoms with Gasteiger partial charge in [-0.1, -0.05) is 12.1 Å². The van der Waals surface area contributed by atoms with Gasteiger partial charge in [-0.15, -0.1) is 0 Å². The second-order valence-corrected chi connectivity index (χ2v) is 7.02. The van der Waals surface area contributed by atoms with Crippen LogP contribution in [0.3, 0.4) is 0 Å². The topological polar surface area (TPSA) is 75.3 Å². The van der Waals surface area contributed by atoms with E-state index >= 15 is 0 Å². The van der Waals surface area contributed by atoms with Crippen molar-refractivity contribution in [1.82, 2.24) is 0 Å². The van der Waals surface area contributed by atoms with Crippen molar-refractivity contribution in [3.8, 4) is 0 Å². The molecule has 0 saturated heterocycles. The molecule has 2 aromatic carbocycles. The summed E-state index contributed by atoms with van der Waals surface area (Å²) in [5.41, 5.74) is 6.71. The van der Waals surface area contributed by atoms with Gasteiger partial charge in [0, 0.05) is 19.8 Å². The van der Waals surface area contributed by atoms with Gasteiger partial charge in [0.05, 0.1) is 5.75 Å². The average molecular weight is 322 g/mol. The fourth-order valence-corrected chi connectivity index (χ4v) is 3.54. The zero-order chi connectivity index (χ0) is 16.3. The lowest BCUT2D eigenvalue weighted by Crippen LogP contribution is -2.22. The van der Waals surface area contributed by atoms with Crippen LogP contribution < -0.4 is 10.4 Å². The normalized spacial score (nSPS) is 11.2. The third-order valence-corrected chi connectivity index (χ3v) is 4.91. The first-order valence-electron chi connectivity index (χ1n) is 6.53. The van der Waals surface area contributed by atoms with Crippen LogP contribution in [0.1, 0.15) is 5.56 Å². The van der Waals surface area contributed by atoms with Crippen molar-refractivity contribution < 1.29 is 18.3 Å². The minimum atomic E-state index is -3.65. The van der Waals surface area contributed by atoms with Crippen LogP contribution >= 0.6 is 0 Å². The van der Waals surface area contributed by atoms with Crippen LogP contribution in [0.25, 0.3) is 0 Å². The Balaban J connectivity index is 2.45. The molecule has 0 fully saturated rings. The van der Waals surface area contributed by atoms with Crippen LogP contribution in [-0.2, 0) is 15.6 Å². The van der Waals surface area contributed by atoms with Crippen molar-refractivity contribution in [3.63, 3.8) is 0 Å². The lowest BCUT2D eigenvalue weighted by atomic mass is 10.2. The molecule has 2 aromatic rings. The highest BCUT2D eigenvalue weighted by atomic mass is 32.2. The molecule has 0 aliphatic carbocycles. The molecule has 7 heteroatoms. The molecular formula is C15H17FN3O2S+. The van der Waals surface area contributed by atoms with E-state index in [4.69, 9.17) is 5.53 Å². The zero-order valence-corrected chi connectivity index (χ0v) is 13.1. The van der Waals surface area contributed by atoms with Crippen LogP contribution in [-0.4, -0.2) is 22.5 Å². The van der Waals surface area contributed by atoms with Gasteiger partial charge in [-0.05, 0) is 41.0 Å². The lowest BCUT2D eigenvalue weighted by molar-refractivity contribution is -0.210. The Labute approximate surface area is 128 Å². The minimum absolute atomic E-state index is 0.0607. The standard InChI is InChI=1S/C15H16FN3O2S/c1-19(2)13-7-8-14(18-17)15(9-13)22(20,21)10-11-3-5-12(16)6-4-11/h3-9,17H,10H2,1-2H3/p+1. The Morgan fingerprint density at radius 2 is 1.77 bits per heavy atom. The van der Waals surface area contributed by atoms with Crippen molar-refractivity contribution in [2.24, 2.45) is 5.11 Å². The Morgan fingerprint density at radius 1 is 1.14 bits per heavy atom. The second-order valence-electron chi connectivity index (χ2n) is 5.06. The number of halogens is 1. The highest BCUT2D eigenvalue weighted by molar-refractivity contribution is 7.90. The summed E-state index contributed by atoms with van der Waals surface area (Å²) in [6.45, 7) is 0. The SMILES string of the molecule is CN(C)c1ccc(N=[NH2+])c(S(=O)(=O)Cc2ccc(F)cc2)c1. The van der Waals surface area contributed by atoms with Crippen molar-refractivity contribution >= 4 is 21.2 Å². The van der Waals surface area contributed by atoms with Crippen LogP contribution in [0.15, 0.2) is 52.5 Å². The predicted octanol–water partition coefficient (Wildman–Crippen LogP) is 1.71. The molecule has 5 nitrogen and oxygen atoms in total. The number of nitrogens with two attached hydrogens (primary N) is 1. The summed E-state index contributed by atoms with van der Waals surface area (Å²) >= 11 is 0. The Hall–Kier alpha value is -2.28. The molecular weight excluding hydrogens is 305 g/mol. The lowest BCUT2D eigenvalue weighted by Gasteiger charge is -2.14. The number of benzene rings is 2. The predicted molar refractivity (Wildman–Crippen MR) is 82.1 cm³/mol. The van der Waals surface area contributed by atoms with E-state index in [1.165, 1.54) is 30.3 Å². The molecule has 0 atom stereocenters. The van der Waals surface area contributed by atoms with E-state index in [9.17, 15) is 12.8 Å². The van der Waals surface area contributed by atoms with Gasteiger partial charge in [-0.2, -0.15) is 5.53 Å². The molecule has 0 spiro atoms. The van der Waals surface area contributed by atoms with Gasteiger partial charge >= 0.3 is 0 Å². The molecule has 0 aromatic heterocycles. The van der Waals surface area contributed by atoms with E-state index in [0.717, 1.165) is 5.69 Å². The smallest absolute Gasteiger partial charge is 0.184 e. The van der Waals surface area contributed by atoms with Gasteiger partial charge in [-0.25, -0.2) is 12.8 Å². The Kier molecular flexibility index (Phi) is 4.56. The summed E-state index contributed by atoms with van der Waals surface area (Å²) in [6.07, 6.45) is 0. The number of nitrogens with zero attached hydrogens (tertiary/aromatic N) is 2. The summed E-state index contributed by atoms with van der Waals surface area (Å²) < 4.78 is 38.1. The average Bonchev–Trinajstić information content (AvgIpc) is 2.48. The van der Waals surface area contributed by atoms with Gasteiger partial charge in [0.15, 0.2) is 9.84 Å². The molecule has 22 heavy (non-hydrogen) atoms. The number of hydrogen-bond donors (Lipinski definition) is 1. The van der Waals surface area contributed by atoms with Crippen molar-refractivity contribution in [2.75, 3.05) is 19.0 Å². The first-order valence-corrected chi connectivity index (χ1v) is 8.18.